The zero-order valence-corrected chi connectivity index (χ0v) is 12.3. The van der Waals surface area contributed by atoms with E-state index in [-0.39, 0.29) is 5.56 Å². The number of carboxylic acid groups (broad SMARTS) is 1. The van der Waals surface area contributed by atoms with E-state index in [0.29, 0.717) is 30.4 Å². The number of anilines is 1. The first kappa shape index (κ1) is 14.1. The van der Waals surface area contributed by atoms with E-state index in [1.54, 1.807) is 12.3 Å². The summed E-state index contributed by atoms with van der Waals surface area (Å²) in [6, 6.07) is 1.63. The van der Waals surface area contributed by atoms with Crippen LogP contribution in [0.15, 0.2) is 35.8 Å². The Bertz CT molecular complexity index is 938. The van der Waals surface area contributed by atoms with E-state index in [2.05, 4.69) is 25.4 Å². The van der Waals surface area contributed by atoms with E-state index in [4.69, 9.17) is 5.11 Å². The van der Waals surface area contributed by atoms with E-state index < -0.39 is 11.9 Å². The fraction of sp³-hybridized carbons (Fsp3) is 0.231. The maximum atomic E-state index is 12.5. The van der Waals surface area contributed by atoms with Gasteiger partial charge in [-0.25, -0.2) is 14.6 Å². The molecule has 122 valence electrons. The lowest BCUT2D eigenvalue weighted by molar-refractivity contribution is -0.142. The molecule has 4 rings (SSSR count). The molecule has 0 unspecified atom stereocenters. The van der Waals surface area contributed by atoms with Gasteiger partial charge >= 0.3 is 5.97 Å². The van der Waals surface area contributed by atoms with Crippen molar-refractivity contribution in [2.75, 3.05) is 18.0 Å². The van der Waals surface area contributed by atoms with E-state index in [1.807, 2.05) is 4.90 Å². The number of H-pyrrole nitrogens is 1. The highest BCUT2D eigenvalue weighted by Crippen LogP contribution is 2.23. The number of nitrogens with zero attached hydrogens (tertiary/aromatic N) is 7. The SMILES string of the molecule is O=C(O)C1CN(c2cc(-n3[nH]cc(-n4ccnn4)c3=O)ncn2)C1. The Labute approximate surface area is 134 Å². The molecule has 11 heteroatoms. The van der Waals surface area contributed by atoms with Crippen molar-refractivity contribution < 1.29 is 9.90 Å². The molecule has 0 aromatic carbocycles. The molecular weight excluding hydrogens is 316 g/mol. The lowest BCUT2D eigenvalue weighted by Gasteiger charge is -2.37. The van der Waals surface area contributed by atoms with E-state index in [9.17, 15) is 9.59 Å². The number of hydrogen-bond acceptors (Lipinski definition) is 7. The van der Waals surface area contributed by atoms with Crippen molar-refractivity contribution in [2.45, 2.75) is 0 Å². The Morgan fingerprint density at radius 1 is 1.29 bits per heavy atom. The standard InChI is InChI=1S/C13H12N8O3/c22-12-9(20-2-1-16-18-20)4-17-21(12)11-3-10(14-7-15-11)19-5-8(6-19)13(23)24/h1-4,7-8,17H,5-6H2,(H,23,24). The summed E-state index contributed by atoms with van der Waals surface area (Å²) in [7, 11) is 0. The second-order valence-corrected chi connectivity index (χ2v) is 5.32. The average Bonchev–Trinajstić information content (AvgIpc) is 3.14. The number of rotatable bonds is 4. The van der Waals surface area contributed by atoms with E-state index >= 15 is 0 Å². The number of carbonyl (C=O) groups is 1. The van der Waals surface area contributed by atoms with Crippen LogP contribution in [0.5, 0.6) is 0 Å². The molecule has 1 aliphatic rings. The number of aromatic nitrogens is 7. The fourth-order valence-corrected chi connectivity index (χ4v) is 2.49. The van der Waals surface area contributed by atoms with Crippen LogP contribution in [0.4, 0.5) is 5.82 Å². The normalized spacial score (nSPS) is 14.6. The predicted molar refractivity (Wildman–Crippen MR) is 80.2 cm³/mol. The molecule has 3 aromatic heterocycles. The van der Waals surface area contributed by atoms with E-state index in [0.717, 1.165) is 0 Å². The zero-order valence-electron chi connectivity index (χ0n) is 12.3. The lowest BCUT2D eigenvalue weighted by atomic mass is 10.0. The van der Waals surface area contributed by atoms with Gasteiger partial charge in [0.05, 0.1) is 24.5 Å². The van der Waals surface area contributed by atoms with Crippen LogP contribution in [-0.4, -0.2) is 58.9 Å². The number of carboxylic acids is 1. The minimum Gasteiger partial charge on any atom is -0.481 e. The van der Waals surface area contributed by atoms with Gasteiger partial charge in [0.15, 0.2) is 11.5 Å². The van der Waals surface area contributed by atoms with Crippen LogP contribution in [0.25, 0.3) is 11.5 Å². The van der Waals surface area contributed by atoms with Gasteiger partial charge in [0.1, 0.15) is 12.1 Å². The summed E-state index contributed by atoms with van der Waals surface area (Å²) in [6.07, 6.45) is 5.87. The van der Waals surface area contributed by atoms with Gasteiger partial charge in [-0.3, -0.25) is 14.7 Å². The summed E-state index contributed by atoms with van der Waals surface area (Å²) < 4.78 is 2.61. The fourth-order valence-electron chi connectivity index (χ4n) is 2.49. The van der Waals surface area contributed by atoms with Gasteiger partial charge in [-0.05, 0) is 0 Å². The van der Waals surface area contributed by atoms with Gasteiger partial charge < -0.3 is 10.0 Å². The van der Waals surface area contributed by atoms with Gasteiger partial charge in [-0.15, -0.1) is 5.10 Å². The Kier molecular flexibility index (Phi) is 3.11. The predicted octanol–water partition coefficient (Wildman–Crippen LogP) is -0.943. The van der Waals surface area contributed by atoms with Crippen molar-refractivity contribution >= 4 is 11.8 Å². The van der Waals surface area contributed by atoms with Crippen molar-refractivity contribution in [3.05, 3.63) is 41.3 Å². The molecule has 3 aromatic rings. The maximum Gasteiger partial charge on any atom is 0.310 e. The van der Waals surface area contributed by atoms with E-state index in [1.165, 1.54) is 28.1 Å². The third-order valence-corrected chi connectivity index (χ3v) is 3.84. The number of nitrogens with one attached hydrogen (secondary N) is 1. The van der Waals surface area contributed by atoms with Crippen molar-refractivity contribution in [1.29, 1.82) is 0 Å². The molecule has 4 heterocycles. The number of aromatic amines is 1. The average molecular weight is 328 g/mol. The molecule has 0 amide bonds. The molecule has 1 saturated heterocycles. The highest BCUT2D eigenvalue weighted by molar-refractivity contribution is 5.74. The Morgan fingerprint density at radius 3 is 2.79 bits per heavy atom. The van der Waals surface area contributed by atoms with Crippen molar-refractivity contribution in [3.63, 3.8) is 0 Å². The molecule has 1 fully saturated rings. The summed E-state index contributed by atoms with van der Waals surface area (Å²) in [5, 5.41) is 19.2. The Hall–Kier alpha value is -3.50. The molecular formula is C13H12N8O3. The van der Waals surface area contributed by atoms with Crippen molar-refractivity contribution in [3.8, 4) is 11.5 Å². The molecule has 0 saturated carbocycles. The third-order valence-electron chi connectivity index (χ3n) is 3.84. The first-order valence-corrected chi connectivity index (χ1v) is 7.11. The zero-order chi connectivity index (χ0) is 16.7. The molecule has 0 radical (unpaired) electrons. The lowest BCUT2D eigenvalue weighted by Crippen LogP contribution is -2.50. The topological polar surface area (TPSA) is 135 Å². The van der Waals surface area contributed by atoms with Gasteiger partial charge in [0.2, 0.25) is 0 Å². The quantitative estimate of drug-likeness (QED) is 0.626. The smallest absolute Gasteiger partial charge is 0.310 e. The van der Waals surface area contributed by atoms with Crippen molar-refractivity contribution in [2.24, 2.45) is 5.92 Å². The molecule has 1 aliphatic heterocycles. The van der Waals surface area contributed by atoms with Gasteiger partial charge in [-0.1, -0.05) is 5.21 Å². The third kappa shape index (κ3) is 2.22. The summed E-state index contributed by atoms with van der Waals surface area (Å²) >= 11 is 0. The monoisotopic (exact) mass is 328 g/mol. The molecule has 0 spiro atoms. The van der Waals surface area contributed by atoms with Crippen LogP contribution in [0.1, 0.15) is 0 Å². The van der Waals surface area contributed by atoms with Crippen LogP contribution in [0, 0.1) is 5.92 Å². The van der Waals surface area contributed by atoms with Crippen LogP contribution in [-0.2, 0) is 4.79 Å². The Balaban J connectivity index is 1.63. The molecule has 11 nitrogen and oxygen atoms in total. The minimum absolute atomic E-state index is 0.308. The highest BCUT2D eigenvalue weighted by atomic mass is 16.4. The molecule has 2 N–H and O–H groups in total. The summed E-state index contributed by atoms with van der Waals surface area (Å²) in [5.74, 6) is -0.286. The largest absolute Gasteiger partial charge is 0.481 e. The summed E-state index contributed by atoms with van der Waals surface area (Å²) in [4.78, 5) is 33.4. The molecule has 0 atom stereocenters. The maximum absolute atomic E-state index is 12.5. The van der Waals surface area contributed by atoms with Gasteiger partial charge in [0, 0.05) is 19.2 Å². The van der Waals surface area contributed by atoms with Crippen LogP contribution >= 0.6 is 0 Å². The Morgan fingerprint density at radius 2 is 2.08 bits per heavy atom. The summed E-state index contributed by atoms with van der Waals surface area (Å²) in [5.41, 5.74) is -0.0280. The van der Waals surface area contributed by atoms with Crippen LogP contribution in [0.3, 0.4) is 0 Å². The first-order valence-electron chi connectivity index (χ1n) is 7.11. The molecule has 0 bridgehead atoms. The van der Waals surface area contributed by atoms with Gasteiger partial charge in [-0.2, -0.15) is 4.68 Å². The van der Waals surface area contributed by atoms with Gasteiger partial charge in [0.25, 0.3) is 5.56 Å². The molecule has 0 aliphatic carbocycles. The second-order valence-electron chi connectivity index (χ2n) is 5.32. The highest BCUT2D eigenvalue weighted by Gasteiger charge is 2.33. The number of aliphatic carboxylic acids is 1. The number of hydrogen-bond donors (Lipinski definition) is 2. The van der Waals surface area contributed by atoms with Crippen LogP contribution in [0.2, 0.25) is 0 Å². The minimum atomic E-state index is -0.821. The van der Waals surface area contributed by atoms with Crippen molar-refractivity contribution in [1.82, 2.24) is 34.7 Å². The molecule has 24 heavy (non-hydrogen) atoms. The summed E-state index contributed by atoms with van der Waals surface area (Å²) in [6.45, 7) is 0.769. The second kappa shape index (κ2) is 5.30. The van der Waals surface area contributed by atoms with Crippen LogP contribution < -0.4 is 10.5 Å². The first-order chi connectivity index (χ1) is 11.6.